The van der Waals surface area contributed by atoms with E-state index in [4.69, 9.17) is 10.5 Å². The maximum absolute atomic E-state index is 5.46. The number of anilines is 2. The lowest BCUT2D eigenvalue weighted by Gasteiger charge is -2.19. The number of hydrogen-bond donors (Lipinski definition) is 2. The first-order valence-electron chi connectivity index (χ1n) is 5.17. The predicted molar refractivity (Wildman–Crippen MR) is 58.5 cm³/mol. The molecule has 2 unspecified atom stereocenters. The molecule has 5 nitrogen and oxygen atoms in total. The van der Waals surface area contributed by atoms with Gasteiger partial charge in [-0.2, -0.15) is 0 Å². The first-order chi connectivity index (χ1) is 7.25. The molecule has 2 heterocycles. The van der Waals surface area contributed by atoms with Crippen molar-refractivity contribution in [2.24, 2.45) is 5.92 Å². The Morgan fingerprint density at radius 1 is 1.53 bits per heavy atom. The van der Waals surface area contributed by atoms with Gasteiger partial charge in [0.15, 0.2) is 0 Å². The van der Waals surface area contributed by atoms with Crippen molar-refractivity contribution in [2.45, 2.75) is 19.4 Å². The van der Waals surface area contributed by atoms with E-state index in [1.165, 1.54) is 0 Å². The van der Waals surface area contributed by atoms with Crippen LogP contribution in [0.4, 0.5) is 11.6 Å². The van der Waals surface area contributed by atoms with Crippen molar-refractivity contribution >= 4 is 11.6 Å². The molecule has 0 radical (unpaired) electrons. The maximum Gasteiger partial charge on any atom is 0.144 e. The highest BCUT2D eigenvalue weighted by molar-refractivity contribution is 5.36. The number of nitrogens with one attached hydrogen (secondary N) is 1. The fraction of sp³-hybridized carbons (Fsp3) is 0.600. The number of aromatic nitrogens is 2. The van der Waals surface area contributed by atoms with Crippen LogP contribution in [0.15, 0.2) is 12.4 Å². The topological polar surface area (TPSA) is 73.1 Å². The van der Waals surface area contributed by atoms with Gasteiger partial charge in [-0.25, -0.2) is 9.97 Å². The van der Waals surface area contributed by atoms with Crippen molar-refractivity contribution in [2.75, 3.05) is 24.3 Å². The molecule has 1 aliphatic rings. The number of rotatable bonds is 3. The molecule has 5 heteroatoms. The van der Waals surface area contributed by atoms with Crippen LogP contribution in [-0.4, -0.2) is 29.2 Å². The number of ether oxygens (including phenoxy) is 1. The largest absolute Gasteiger partial charge is 0.382 e. The van der Waals surface area contributed by atoms with Crippen molar-refractivity contribution in [3.8, 4) is 0 Å². The lowest BCUT2D eigenvalue weighted by molar-refractivity contribution is 0.183. The molecule has 2 rings (SSSR count). The summed E-state index contributed by atoms with van der Waals surface area (Å²) in [6.07, 6.45) is 4.32. The van der Waals surface area contributed by atoms with Crippen molar-refractivity contribution in [3.63, 3.8) is 0 Å². The Morgan fingerprint density at radius 2 is 2.40 bits per heavy atom. The second-order valence-corrected chi connectivity index (χ2v) is 3.88. The first-order valence-corrected chi connectivity index (χ1v) is 5.17. The minimum Gasteiger partial charge on any atom is -0.382 e. The number of nitrogens with zero attached hydrogens (tertiary/aromatic N) is 2. The molecule has 1 aliphatic heterocycles. The molecule has 1 aromatic heterocycles. The van der Waals surface area contributed by atoms with Gasteiger partial charge >= 0.3 is 0 Å². The molecule has 1 saturated heterocycles. The zero-order chi connectivity index (χ0) is 10.7. The normalized spacial score (nSPS) is 22.6. The summed E-state index contributed by atoms with van der Waals surface area (Å²) in [5.74, 6) is 1.77. The Balaban J connectivity index is 1.92. The molecular weight excluding hydrogens is 192 g/mol. The molecule has 82 valence electrons. The van der Waals surface area contributed by atoms with Crippen LogP contribution in [0.1, 0.15) is 13.3 Å². The molecule has 0 aromatic carbocycles. The Bertz CT molecular complexity index is 308. The third-order valence-electron chi connectivity index (χ3n) is 2.72. The summed E-state index contributed by atoms with van der Waals surface area (Å²) < 4.78 is 5.34. The SMILES string of the molecule is CC(Nc1cnc(N)cn1)C1CCOC1. The van der Waals surface area contributed by atoms with E-state index in [-0.39, 0.29) is 0 Å². The predicted octanol–water partition coefficient (Wildman–Crippen LogP) is 0.896. The van der Waals surface area contributed by atoms with Gasteiger partial charge in [0, 0.05) is 18.6 Å². The van der Waals surface area contributed by atoms with Crippen LogP contribution in [-0.2, 0) is 4.74 Å². The molecule has 0 amide bonds. The van der Waals surface area contributed by atoms with Crippen LogP contribution in [0.25, 0.3) is 0 Å². The van der Waals surface area contributed by atoms with Gasteiger partial charge in [0.2, 0.25) is 0 Å². The molecule has 3 N–H and O–H groups in total. The first kappa shape index (κ1) is 10.2. The number of hydrogen-bond acceptors (Lipinski definition) is 5. The van der Waals surface area contributed by atoms with Crippen molar-refractivity contribution in [1.82, 2.24) is 9.97 Å². The smallest absolute Gasteiger partial charge is 0.144 e. The van der Waals surface area contributed by atoms with Gasteiger partial charge in [-0.1, -0.05) is 0 Å². The third kappa shape index (κ3) is 2.56. The molecule has 0 aliphatic carbocycles. The molecule has 0 bridgehead atoms. The summed E-state index contributed by atoms with van der Waals surface area (Å²) >= 11 is 0. The van der Waals surface area contributed by atoms with Gasteiger partial charge in [-0.3, -0.25) is 0 Å². The second kappa shape index (κ2) is 4.44. The summed E-state index contributed by atoms with van der Waals surface area (Å²) in [6.45, 7) is 3.83. The summed E-state index contributed by atoms with van der Waals surface area (Å²) in [5, 5.41) is 3.30. The van der Waals surface area contributed by atoms with Gasteiger partial charge in [0.25, 0.3) is 0 Å². The second-order valence-electron chi connectivity index (χ2n) is 3.88. The molecule has 1 aromatic rings. The maximum atomic E-state index is 5.46. The van der Waals surface area contributed by atoms with E-state index < -0.39 is 0 Å². The van der Waals surface area contributed by atoms with Gasteiger partial charge in [-0.15, -0.1) is 0 Å². The lowest BCUT2D eigenvalue weighted by Crippen LogP contribution is -2.26. The minimum atomic E-state index is 0.352. The van der Waals surface area contributed by atoms with Crippen LogP contribution in [0.5, 0.6) is 0 Å². The monoisotopic (exact) mass is 208 g/mol. The molecule has 2 atom stereocenters. The van der Waals surface area contributed by atoms with E-state index in [9.17, 15) is 0 Å². The summed E-state index contributed by atoms with van der Waals surface area (Å²) in [7, 11) is 0. The van der Waals surface area contributed by atoms with Crippen molar-refractivity contribution in [1.29, 1.82) is 0 Å². The third-order valence-corrected chi connectivity index (χ3v) is 2.72. The average molecular weight is 208 g/mol. The molecule has 15 heavy (non-hydrogen) atoms. The van der Waals surface area contributed by atoms with E-state index in [1.54, 1.807) is 12.4 Å². The molecule has 1 fully saturated rings. The quantitative estimate of drug-likeness (QED) is 0.772. The van der Waals surface area contributed by atoms with E-state index in [0.717, 1.165) is 25.5 Å². The summed E-state index contributed by atoms with van der Waals surface area (Å²) in [4.78, 5) is 8.13. The fourth-order valence-electron chi connectivity index (χ4n) is 1.71. The number of nitrogens with two attached hydrogens (primary N) is 1. The van der Waals surface area contributed by atoms with Crippen LogP contribution in [0.2, 0.25) is 0 Å². The van der Waals surface area contributed by atoms with Crippen molar-refractivity contribution in [3.05, 3.63) is 12.4 Å². The molecule has 0 saturated carbocycles. The summed E-state index contributed by atoms with van der Waals surface area (Å²) in [5.41, 5.74) is 5.46. The van der Waals surface area contributed by atoms with Gasteiger partial charge < -0.3 is 15.8 Å². The lowest BCUT2D eigenvalue weighted by atomic mass is 10.0. The number of nitrogen functional groups attached to an aromatic ring is 1. The van der Waals surface area contributed by atoms with Crippen LogP contribution in [0.3, 0.4) is 0 Å². The zero-order valence-corrected chi connectivity index (χ0v) is 8.81. The van der Waals surface area contributed by atoms with E-state index in [2.05, 4.69) is 22.2 Å². The molecule has 0 spiro atoms. The van der Waals surface area contributed by atoms with E-state index >= 15 is 0 Å². The van der Waals surface area contributed by atoms with Crippen LogP contribution in [0, 0.1) is 5.92 Å². The highest BCUT2D eigenvalue weighted by atomic mass is 16.5. The Hall–Kier alpha value is -1.36. The van der Waals surface area contributed by atoms with Crippen LogP contribution >= 0.6 is 0 Å². The zero-order valence-electron chi connectivity index (χ0n) is 8.81. The Morgan fingerprint density at radius 3 is 3.00 bits per heavy atom. The Kier molecular flexibility index (Phi) is 3.01. The van der Waals surface area contributed by atoms with Gasteiger partial charge in [0.1, 0.15) is 11.6 Å². The van der Waals surface area contributed by atoms with Gasteiger partial charge in [0.05, 0.1) is 19.0 Å². The van der Waals surface area contributed by atoms with E-state index in [1.807, 2.05) is 0 Å². The van der Waals surface area contributed by atoms with Crippen molar-refractivity contribution < 1.29 is 4.74 Å². The highest BCUT2D eigenvalue weighted by Gasteiger charge is 2.22. The Labute approximate surface area is 89.1 Å². The van der Waals surface area contributed by atoms with E-state index in [0.29, 0.717) is 17.8 Å². The van der Waals surface area contributed by atoms with Gasteiger partial charge in [-0.05, 0) is 13.3 Å². The summed E-state index contributed by atoms with van der Waals surface area (Å²) in [6, 6.07) is 0.352. The molecular formula is C10H16N4O. The van der Waals surface area contributed by atoms with Crippen LogP contribution < -0.4 is 11.1 Å². The standard InChI is InChI=1S/C10H16N4O/c1-7(8-2-3-15-6-8)14-10-5-12-9(11)4-13-10/h4-5,7-8H,2-3,6H2,1H3,(H2,11,12)(H,13,14). The highest BCUT2D eigenvalue weighted by Crippen LogP contribution is 2.19. The minimum absolute atomic E-state index is 0.352. The average Bonchev–Trinajstić information content (AvgIpc) is 2.74. The fourth-order valence-corrected chi connectivity index (χ4v) is 1.71.